The quantitative estimate of drug-likeness (QED) is 0.794. The van der Waals surface area contributed by atoms with Crippen LogP contribution in [0.2, 0.25) is 0 Å². The van der Waals surface area contributed by atoms with Crippen LogP contribution < -0.4 is 5.32 Å². The molecule has 1 aliphatic carbocycles. The summed E-state index contributed by atoms with van der Waals surface area (Å²) >= 11 is 0. The average molecular weight is 243 g/mol. The molecule has 2 atom stereocenters. The number of hydrogen-bond acceptors (Lipinski definition) is 2. The molecule has 0 spiro atoms. The van der Waals surface area contributed by atoms with Crippen LogP contribution in [0.3, 0.4) is 0 Å². The Morgan fingerprint density at radius 2 is 1.65 bits per heavy atom. The largest absolute Gasteiger partial charge is 0.396 e. The van der Waals surface area contributed by atoms with Crippen molar-refractivity contribution in [2.45, 2.75) is 71.8 Å². The first-order valence-corrected chi connectivity index (χ1v) is 7.45. The summed E-state index contributed by atoms with van der Waals surface area (Å²) in [4.78, 5) is 0. The van der Waals surface area contributed by atoms with E-state index < -0.39 is 0 Å². The van der Waals surface area contributed by atoms with Crippen LogP contribution in [0, 0.1) is 11.8 Å². The van der Waals surface area contributed by atoms with Crippen molar-refractivity contribution in [1.82, 2.24) is 5.32 Å². The lowest BCUT2D eigenvalue weighted by atomic mass is 9.80. The van der Waals surface area contributed by atoms with Crippen LogP contribution in [0.5, 0.6) is 0 Å². The van der Waals surface area contributed by atoms with Gasteiger partial charge in [0.15, 0.2) is 0 Å². The standard InChI is InChI=1S/C12H25N.C3H8O/c1-10(2)11-8-6-4-5-7-9-12(11)13-3;1-2-3-4/h10-13H,4-9H2,1-3H3;4H,2-3H2,1H3. The van der Waals surface area contributed by atoms with Crippen molar-refractivity contribution in [2.24, 2.45) is 11.8 Å². The number of nitrogens with one attached hydrogen (secondary N) is 1. The fourth-order valence-electron chi connectivity index (χ4n) is 2.67. The van der Waals surface area contributed by atoms with Crippen LogP contribution >= 0.6 is 0 Å². The third kappa shape index (κ3) is 7.77. The van der Waals surface area contributed by atoms with E-state index in [9.17, 15) is 0 Å². The molecule has 0 bridgehead atoms. The zero-order valence-electron chi connectivity index (χ0n) is 12.3. The minimum Gasteiger partial charge on any atom is -0.396 e. The molecule has 17 heavy (non-hydrogen) atoms. The Morgan fingerprint density at radius 3 is 2.06 bits per heavy atom. The Kier molecular flexibility index (Phi) is 11.0. The molecule has 1 rings (SSSR count). The van der Waals surface area contributed by atoms with E-state index in [1.165, 1.54) is 38.5 Å². The summed E-state index contributed by atoms with van der Waals surface area (Å²) in [5.41, 5.74) is 0. The van der Waals surface area contributed by atoms with Crippen LogP contribution in [-0.2, 0) is 0 Å². The van der Waals surface area contributed by atoms with E-state index in [2.05, 4.69) is 26.2 Å². The van der Waals surface area contributed by atoms with Gasteiger partial charge in [-0.05, 0) is 38.1 Å². The smallest absolute Gasteiger partial charge is 0.0428 e. The van der Waals surface area contributed by atoms with Gasteiger partial charge in [0.2, 0.25) is 0 Å². The van der Waals surface area contributed by atoms with Crippen LogP contribution in [-0.4, -0.2) is 24.8 Å². The zero-order valence-corrected chi connectivity index (χ0v) is 12.3. The summed E-state index contributed by atoms with van der Waals surface area (Å²) in [7, 11) is 2.13. The molecule has 0 aromatic rings. The van der Waals surface area contributed by atoms with E-state index in [-0.39, 0.29) is 0 Å². The van der Waals surface area contributed by atoms with E-state index in [4.69, 9.17) is 5.11 Å². The van der Waals surface area contributed by atoms with E-state index >= 15 is 0 Å². The zero-order chi connectivity index (χ0) is 13.1. The fraction of sp³-hybridized carbons (Fsp3) is 1.00. The lowest BCUT2D eigenvalue weighted by Crippen LogP contribution is -2.37. The van der Waals surface area contributed by atoms with Gasteiger partial charge in [0.25, 0.3) is 0 Å². The number of aliphatic hydroxyl groups excluding tert-OH is 1. The van der Waals surface area contributed by atoms with Crippen molar-refractivity contribution in [1.29, 1.82) is 0 Å². The highest BCUT2D eigenvalue weighted by Gasteiger charge is 2.23. The van der Waals surface area contributed by atoms with Crippen molar-refractivity contribution in [3.05, 3.63) is 0 Å². The predicted molar refractivity (Wildman–Crippen MR) is 76.3 cm³/mol. The van der Waals surface area contributed by atoms with Gasteiger partial charge >= 0.3 is 0 Å². The molecule has 2 nitrogen and oxygen atoms in total. The molecular weight excluding hydrogens is 210 g/mol. The monoisotopic (exact) mass is 243 g/mol. The Balaban J connectivity index is 0.000000557. The Labute approximate surface area is 108 Å². The predicted octanol–water partition coefficient (Wildman–Crippen LogP) is 3.59. The van der Waals surface area contributed by atoms with Gasteiger partial charge in [-0.25, -0.2) is 0 Å². The molecule has 1 fully saturated rings. The highest BCUT2D eigenvalue weighted by atomic mass is 16.2. The second kappa shape index (κ2) is 11.0. The Hall–Kier alpha value is -0.0800. The highest BCUT2D eigenvalue weighted by molar-refractivity contribution is 4.79. The molecule has 2 unspecified atom stereocenters. The second-order valence-electron chi connectivity index (χ2n) is 5.52. The van der Waals surface area contributed by atoms with Crippen molar-refractivity contribution in [3.8, 4) is 0 Å². The molecular formula is C15H33NO. The van der Waals surface area contributed by atoms with Gasteiger partial charge < -0.3 is 10.4 Å². The van der Waals surface area contributed by atoms with E-state index in [1.807, 2.05) is 6.92 Å². The molecule has 0 aliphatic heterocycles. The SMILES string of the molecule is CCCO.CNC1CCCCCCC1C(C)C. The third-order valence-electron chi connectivity index (χ3n) is 3.77. The molecule has 2 heteroatoms. The van der Waals surface area contributed by atoms with Gasteiger partial charge in [-0.15, -0.1) is 0 Å². The molecule has 0 aromatic carbocycles. The highest BCUT2D eigenvalue weighted by Crippen LogP contribution is 2.28. The van der Waals surface area contributed by atoms with Crippen molar-refractivity contribution >= 4 is 0 Å². The van der Waals surface area contributed by atoms with E-state index in [0.717, 1.165) is 24.3 Å². The molecule has 0 aromatic heterocycles. The molecule has 0 saturated heterocycles. The first kappa shape index (κ1) is 16.9. The topological polar surface area (TPSA) is 32.3 Å². The molecule has 1 saturated carbocycles. The summed E-state index contributed by atoms with van der Waals surface area (Å²) < 4.78 is 0. The van der Waals surface area contributed by atoms with Crippen molar-refractivity contribution in [3.63, 3.8) is 0 Å². The number of aliphatic hydroxyl groups is 1. The summed E-state index contributed by atoms with van der Waals surface area (Å²) in [5, 5.41) is 11.4. The van der Waals surface area contributed by atoms with Crippen LogP contribution in [0.1, 0.15) is 65.7 Å². The molecule has 0 radical (unpaired) electrons. The second-order valence-corrected chi connectivity index (χ2v) is 5.52. The first-order valence-electron chi connectivity index (χ1n) is 7.45. The van der Waals surface area contributed by atoms with Crippen LogP contribution in [0.4, 0.5) is 0 Å². The van der Waals surface area contributed by atoms with Crippen LogP contribution in [0.25, 0.3) is 0 Å². The molecule has 1 aliphatic rings. The van der Waals surface area contributed by atoms with Crippen molar-refractivity contribution in [2.75, 3.05) is 13.7 Å². The summed E-state index contributed by atoms with van der Waals surface area (Å²) in [6, 6.07) is 0.778. The Morgan fingerprint density at radius 1 is 1.12 bits per heavy atom. The number of rotatable bonds is 3. The molecule has 104 valence electrons. The van der Waals surface area contributed by atoms with E-state index in [1.54, 1.807) is 0 Å². The summed E-state index contributed by atoms with van der Waals surface area (Å²) in [5.74, 6) is 1.75. The minimum atomic E-state index is 0.319. The van der Waals surface area contributed by atoms with Gasteiger partial charge in [0.05, 0.1) is 0 Å². The van der Waals surface area contributed by atoms with Gasteiger partial charge in [-0.1, -0.05) is 46.5 Å². The lowest BCUT2D eigenvalue weighted by Gasteiger charge is -2.32. The van der Waals surface area contributed by atoms with Gasteiger partial charge in [-0.3, -0.25) is 0 Å². The lowest BCUT2D eigenvalue weighted by molar-refractivity contribution is 0.234. The first-order chi connectivity index (χ1) is 8.17. The van der Waals surface area contributed by atoms with Crippen molar-refractivity contribution < 1.29 is 5.11 Å². The summed E-state index contributed by atoms with van der Waals surface area (Å²) in [6.45, 7) is 6.99. The average Bonchev–Trinajstić information content (AvgIpc) is 2.29. The fourth-order valence-corrected chi connectivity index (χ4v) is 2.67. The van der Waals surface area contributed by atoms with Crippen LogP contribution in [0.15, 0.2) is 0 Å². The molecule has 0 heterocycles. The van der Waals surface area contributed by atoms with Gasteiger partial charge in [-0.2, -0.15) is 0 Å². The summed E-state index contributed by atoms with van der Waals surface area (Å²) in [6.07, 6.45) is 9.47. The maximum Gasteiger partial charge on any atom is 0.0428 e. The van der Waals surface area contributed by atoms with Gasteiger partial charge in [0, 0.05) is 12.6 Å². The normalized spacial score (nSPS) is 25.8. The van der Waals surface area contributed by atoms with Gasteiger partial charge in [0.1, 0.15) is 0 Å². The maximum absolute atomic E-state index is 7.88. The minimum absolute atomic E-state index is 0.319. The Bertz CT molecular complexity index is 157. The molecule has 0 amide bonds. The third-order valence-corrected chi connectivity index (χ3v) is 3.77. The maximum atomic E-state index is 7.88. The molecule has 2 N–H and O–H groups in total. The number of hydrogen-bond donors (Lipinski definition) is 2. The van der Waals surface area contributed by atoms with E-state index in [0.29, 0.717) is 6.61 Å².